The molecule has 0 aromatic rings. The average molecular weight is 227 g/mol. The maximum Gasteiger partial charge on any atom is 0.159 e. The van der Waals surface area contributed by atoms with Gasteiger partial charge in [-0.15, -0.1) is 0 Å². The van der Waals surface area contributed by atoms with Crippen LogP contribution in [0.15, 0.2) is 0 Å². The van der Waals surface area contributed by atoms with Gasteiger partial charge in [-0.3, -0.25) is 0 Å². The Morgan fingerprint density at radius 3 is 2.69 bits per heavy atom. The van der Waals surface area contributed by atoms with Crippen LogP contribution in [0.3, 0.4) is 0 Å². The highest BCUT2D eigenvalue weighted by atomic mass is 16.7. The van der Waals surface area contributed by atoms with E-state index in [1.165, 1.54) is 25.8 Å². The molecule has 2 aliphatic heterocycles. The molecule has 3 heteroatoms. The molecular formula is C13H25NO2. The molecule has 0 N–H and O–H groups in total. The molecule has 0 aromatic heterocycles. The first kappa shape index (κ1) is 12.3. The van der Waals surface area contributed by atoms with Crippen molar-refractivity contribution in [2.24, 2.45) is 5.92 Å². The minimum absolute atomic E-state index is 0.0697. The van der Waals surface area contributed by atoms with Crippen molar-refractivity contribution >= 4 is 0 Å². The Hall–Kier alpha value is -0.120. The fraction of sp³-hybridized carbons (Fsp3) is 1.00. The Morgan fingerprint density at radius 1 is 1.25 bits per heavy atom. The Labute approximate surface area is 99.1 Å². The predicted octanol–water partition coefficient (Wildman–Crippen LogP) is 2.26. The second-order valence-electron chi connectivity index (χ2n) is 5.42. The third-order valence-corrected chi connectivity index (χ3v) is 3.59. The highest BCUT2D eigenvalue weighted by Gasteiger charge is 2.26. The topological polar surface area (TPSA) is 21.7 Å². The van der Waals surface area contributed by atoms with Crippen LogP contribution in [0.25, 0.3) is 0 Å². The SMILES string of the molecule is CC(C)C[C@@H]1CCCN1CCC1OCCO1. The summed E-state index contributed by atoms with van der Waals surface area (Å²) in [5.74, 6) is 0.810. The fourth-order valence-corrected chi connectivity index (χ4v) is 2.85. The van der Waals surface area contributed by atoms with Crippen molar-refractivity contribution in [2.75, 3.05) is 26.3 Å². The molecule has 2 aliphatic rings. The van der Waals surface area contributed by atoms with Gasteiger partial charge in [0.2, 0.25) is 0 Å². The first-order valence-electron chi connectivity index (χ1n) is 6.73. The van der Waals surface area contributed by atoms with E-state index in [9.17, 15) is 0 Å². The van der Waals surface area contributed by atoms with Gasteiger partial charge in [-0.1, -0.05) is 13.8 Å². The molecule has 2 fully saturated rings. The minimum atomic E-state index is 0.0697. The smallest absolute Gasteiger partial charge is 0.159 e. The van der Waals surface area contributed by atoms with E-state index in [0.717, 1.165) is 38.1 Å². The van der Waals surface area contributed by atoms with Crippen LogP contribution in [0.2, 0.25) is 0 Å². The van der Waals surface area contributed by atoms with Crippen molar-refractivity contribution in [1.82, 2.24) is 4.90 Å². The van der Waals surface area contributed by atoms with Gasteiger partial charge in [0.05, 0.1) is 13.2 Å². The lowest BCUT2D eigenvalue weighted by Gasteiger charge is -2.26. The average Bonchev–Trinajstić information content (AvgIpc) is 2.84. The first-order valence-corrected chi connectivity index (χ1v) is 6.73. The van der Waals surface area contributed by atoms with Crippen LogP contribution in [-0.2, 0) is 9.47 Å². The summed E-state index contributed by atoms with van der Waals surface area (Å²) >= 11 is 0. The summed E-state index contributed by atoms with van der Waals surface area (Å²) in [6.07, 6.45) is 5.19. The zero-order valence-electron chi connectivity index (χ0n) is 10.7. The van der Waals surface area contributed by atoms with Gasteiger partial charge in [-0.05, 0) is 31.7 Å². The summed E-state index contributed by atoms with van der Waals surface area (Å²) in [7, 11) is 0. The Morgan fingerprint density at radius 2 is 2.00 bits per heavy atom. The lowest BCUT2D eigenvalue weighted by molar-refractivity contribution is -0.0522. The van der Waals surface area contributed by atoms with Crippen LogP contribution in [-0.4, -0.2) is 43.5 Å². The molecule has 0 spiro atoms. The van der Waals surface area contributed by atoms with Crippen LogP contribution in [0.5, 0.6) is 0 Å². The standard InChI is InChI=1S/C13H25NO2/c1-11(2)10-12-4-3-6-14(12)7-5-13-15-8-9-16-13/h11-13H,3-10H2,1-2H3/t12-/m0/s1. The molecule has 1 atom stereocenters. The van der Waals surface area contributed by atoms with Gasteiger partial charge < -0.3 is 14.4 Å². The van der Waals surface area contributed by atoms with Gasteiger partial charge in [-0.25, -0.2) is 0 Å². The summed E-state index contributed by atoms with van der Waals surface area (Å²) in [5, 5.41) is 0. The Kier molecular flexibility index (Phi) is 4.62. The van der Waals surface area contributed by atoms with E-state index in [1.807, 2.05) is 0 Å². The van der Waals surface area contributed by atoms with E-state index in [-0.39, 0.29) is 6.29 Å². The minimum Gasteiger partial charge on any atom is -0.350 e. The highest BCUT2D eigenvalue weighted by Crippen LogP contribution is 2.24. The van der Waals surface area contributed by atoms with Crippen LogP contribution in [0, 0.1) is 5.92 Å². The molecule has 2 saturated heterocycles. The number of nitrogens with zero attached hydrogens (tertiary/aromatic N) is 1. The summed E-state index contributed by atoms with van der Waals surface area (Å²) in [5.41, 5.74) is 0. The molecular weight excluding hydrogens is 202 g/mol. The number of likely N-dealkylation sites (tertiary alicyclic amines) is 1. The van der Waals surface area contributed by atoms with Gasteiger partial charge in [0.1, 0.15) is 0 Å². The van der Waals surface area contributed by atoms with Crippen LogP contribution in [0.1, 0.15) is 39.5 Å². The lowest BCUT2D eigenvalue weighted by Crippen LogP contribution is -2.33. The summed E-state index contributed by atoms with van der Waals surface area (Å²) in [6.45, 7) is 8.60. The number of hydrogen-bond donors (Lipinski definition) is 0. The monoisotopic (exact) mass is 227 g/mol. The van der Waals surface area contributed by atoms with Crippen molar-refractivity contribution < 1.29 is 9.47 Å². The molecule has 0 bridgehead atoms. The largest absolute Gasteiger partial charge is 0.350 e. The van der Waals surface area contributed by atoms with Crippen LogP contribution < -0.4 is 0 Å². The van der Waals surface area contributed by atoms with E-state index in [0.29, 0.717) is 0 Å². The fourth-order valence-electron chi connectivity index (χ4n) is 2.85. The summed E-state index contributed by atoms with van der Waals surface area (Å²) in [4.78, 5) is 2.63. The van der Waals surface area contributed by atoms with Gasteiger partial charge in [0, 0.05) is 19.0 Å². The van der Waals surface area contributed by atoms with Crippen molar-refractivity contribution in [3.63, 3.8) is 0 Å². The molecule has 0 aromatic carbocycles. The predicted molar refractivity (Wildman–Crippen MR) is 64.4 cm³/mol. The van der Waals surface area contributed by atoms with Crippen molar-refractivity contribution in [3.8, 4) is 0 Å². The number of ether oxygens (including phenoxy) is 2. The van der Waals surface area contributed by atoms with Crippen molar-refractivity contribution in [3.05, 3.63) is 0 Å². The van der Waals surface area contributed by atoms with Crippen LogP contribution in [0.4, 0.5) is 0 Å². The highest BCUT2D eigenvalue weighted by molar-refractivity contribution is 4.80. The van der Waals surface area contributed by atoms with Gasteiger partial charge in [0.15, 0.2) is 6.29 Å². The molecule has 2 heterocycles. The number of hydrogen-bond acceptors (Lipinski definition) is 3. The molecule has 0 amide bonds. The normalized spacial score (nSPS) is 28.3. The first-order chi connectivity index (χ1) is 7.75. The summed E-state index contributed by atoms with van der Waals surface area (Å²) < 4.78 is 11.0. The maximum atomic E-state index is 5.48. The quantitative estimate of drug-likeness (QED) is 0.719. The second-order valence-corrected chi connectivity index (χ2v) is 5.42. The third-order valence-electron chi connectivity index (χ3n) is 3.59. The third kappa shape index (κ3) is 3.44. The van der Waals surface area contributed by atoms with Crippen molar-refractivity contribution in [2.45, 2.75) is 51.9 Å². The van der Waals surface area contributed by atoms with E-state index >= 15 is 0 Å². The van der Waals surface area contributed by atoms with E-state index in [4.69, 9.17) is 9.47 Å². The Balaban J connectivity index is 1.70. The molecule has 16 heavy (non-hydrogen) atoms. The molecule has 94 valence electrons. The van der Waals surface area contributed by atoms with Gasteiger partial charge >= 0.3 is 0 Å². The zero-order valence-corrected chi connectivity index (χ0v) is 10.7. The second kappa shape index (κ2) is 5.99. The molecule has 0 saturated carbocycles. The molecule has 2 rings (SSSR count). The molecule has 0 radical (unpaired) electrons. The van der Waals surface area contributed by atoms with E-state index in [2.05, 4.69) is 18.7 Å². The Bertz CT molecular complexity index is 202. The lowest BCUT2D eigenvalue weighted by atomic mass is 10.0. The molecule has 0 unspecified atom stereocenters. The number of rotatable bonds is 5. The zero-order chi connectivity index (χ0) is 11.4. The van der Waals surface area contributed by atoms with E-state index < -0.39 is 0 Å². The summed E-state index contributed by atoms with van der Waals surface area (Å²) in [6, 6.07) is 0.807. The molecule has 3 nitrogen and oxygen atoms in total. The van der Waals surface area contributed by atoms with Gasteiger partial charge in [0.25, 0.3) is 0 Å². The van der Waals surface area contributed by atoms with Gasteiger partial charge in [-0.2, -0.15) is 0 Å². The van der Waals surface area contributed by atoms with Crippen LogP contribution >= 0.6 is 0 Å². The molecule has 0 aliphatic carbocycles. The van der Waals surface area contributed by atoms with E-state index in [1.54, 1.807) is 0 Å². The van der Waals surface area contributed by atoms with Crippen molar-refractivity contribution in [1.29, 1.82) is 0 Å². The maximum absolute atomic E-state index is 5.48.